The van der Waals surface area contributed by atoms with Crippen LogP contribution in [0.25, 0.3) is 0 Å². The lowest BCUT2D eigenvalue weighted by Gasteiger charge is -2.34. The van der Waals surface area contributed by atoms with E-state index in [0.29, 0.717) is 0 Å². The van der Waals surface area contributed by atoms with Gasteiger partial charge < -0.3 is 5.32 Å². The van der Waals surface area contributed by atoms with Crippen LogP contribution in [0.1, 0.15) is 33.6 Å². The molecule has 0 saturated heterocycles. The van der Waals surface area contributed by atoms with Gasteiger partial charge in [0, 0.05) is 6.04 Å². The van der Waals surface area contributed by atoms with Crippen LogP contribution in [0.15, 0.2) is 0 Å². The van der Waals surface area contributed by atoms with Gasteiger partial charge in [-0.3, -0.25) is 0 Å². The first kappa shape index (κ1) is 8.06. The van der Waals surface area contributed by atoms with Gasteiger partial charge in [0.2, 0.25) is 0 Å². The maximum Gasteiger partial charge on any atom is 0.00722 e. The molecule has 1 fully saturated rings. The highest BCUT2D eigenvalue weighted by Gasteiger charge is 2.24. The maximum absolute atomic E-state index is 3.55. The highest BCUT2D eigenvalue weighted by atomic mass is 14.9. The van der Waals surface area contributed by atoms with Gasteiger partial charge in [-0.2, -0.15) is 0 Å². The second-order valence-electron chi connectivity index (χ2n) is 4.08. The molecule has 0 aromatic carbocycles. The smallest absolute Gasteiger partial charge is 0.00722 e. The summed E-state index contributed by atoms with van der Waals surface area (Å²) < 4.78 is 0. The molecule has 0 atom stereocenters. The molecular formula is C9H19N. The fraction of sp³-hybridized carbons (Fsp3) is 1.00. The van der Waals surface area contributed by atoms with Crippen LogP contribution in [-0.2, 0) is 0 Å². The van der Waals surface area contributed by atoms with Gasteiger partial charge in [0.15, 0.2) is 0 Å². The van der Waals surface area contributed by atoms with E-state index < -0.39 is 0 Å². The Morgan fingerprint density at radius 2 is 2.00 bits per heavy atom. The van der Waals surface area contributed by atoms with Crippen molar-refractivity contribution in [3.8, 4) is 0 Å². The van der Waals surface area contributed by atoms with E-state index >= 15 is 0 Å². The topological polar surface area (TPSA) is 12.0 Å². The van der Waals surface area contributed by atoms with E-state index in [1.807, 2.05) is 0 Å². The Bertz CT molecular complexity index is 92.9. The predicted octanol–water partition coefficient (Wildman–Crippen LogP) is 2.03. The molecule has 0 unspecified atom stereocenters. The molecule has 1 aliphatic carbocycles. The average Bonchev–Trinajstić information content (AvgIpc) is 1.77. The molecule has 0 aromatic heterocycles. The normalized spacial score (nSPS) is 32.4. The molecule has 0 bridgehead atoms. The lowest BCUT2D eigenvalue weighted by molar-refractivity contribution is 0.235. The Morgan fingerprint density at radius 1 is 1.40 bits per heavy atom. The molecule has 0 radical (unpaired) electrons. The maximum atomic E-state index is 3.55. The van der Waals surface area contributed by atoms with Gasteiger partial charge in [0.05, 0.1) is 0 Å². The van der Waals surface area contributed by atoms with Gasteiger partial charge in [-0.15, -0.1) is 0 Å². The predicted molar refractivity (Wildman–Crippen MR) is 45.0 cm³/mol. The van der Waals surface area contributed by atoms with Crippen molar-refractivity contribution in [3.05, 3.63) is 0 Å². The van der Waals surface area contributed by atoms with Crippen LogP contribution in [0, 0.1) is 11.8 Å². The lowest BCUT2D eigenvalue weighted by Crippen LogP contribution is -2.41. The second-order valence-corrected chi connectivity index (χ2v) is 4.08. The summed E-state index contributed by atoms with van der Waals surface area (Å²) in [4.78, 5) is 0. The van der Waals surface area contributed by atoms with Crippen LogP contribution >= 0.6 is 0 Å². The Kier molecular flexibility index (Phi) is 2.72. The average molecular weight is 141 g/mol. The van der Waals surface area contributed by atoms with Crippen LogP contribution < -0.4 is 5.32 Å². The first-order chi connectivity index (χ1) is 4.68. The summed E-state index contributed by atoms with van der Waals surface area (Å²) in [6.45, 7) is 8.04. The number of hydrogen-bond donors (Lipinski definition) is 1. The van der Waals surface area contributed by atoms with Crippen molar-refractivity contribution in [2.75, 3.05) is 6.54 Å². The number of hydrogen-bond acceptors (Lipinski definition) is 1. The van der Waals surface area contributed by atoms with E-state index in [1.54, 1.807) is 0 Å². The fourth-order valence-corrected chi connectivity index (χ4v) is 1.47. The van der Waals surface area contributed by atoms with Gasteiger partial charge in [-0.1, -0.05) is 20.8 Å². The molecular weight excluding hydrogens is 122 g/mol. The number of rotatable bonds is 3. The summed E-state index contributed by atoms with van der Waals surface area (Å²) in [6, 6.07) is 0.845. The summed E-state index contributed by atoms with van der Waals surface area (Å²) in [5.74, 6) is 1.78. The minimum Gasteiger partial charge on any atom is -0.314 e. The molecule has 1 rings (SSSR count). The van der Waals surface area contributed by atoms with E-state index in [1.165, 1.54) is 19.4 Å². The Morgan fingerprint density at radius 3 is 2.40 bits per heavy atom. The van der Waals surface area contributed by atoms with Gasteiger partial charge in [-0.25, -0.2) is 0 Å². The van der Waals surface area contributed by atoms with Crippen molar-refractivity contribution in [1.29, 1.82) is 0 Å². The Labute approximate surface area is 64.2 Å². The highest BCUT2D eigenvalue weighted by molar-refractivity contribution is 4.82. The van der Waals surface area contributed by atoms with Gasteiger partial charge in [0.25, 0.3) is 0 Å². The van der Waals surface area contributed by atoms with Crippen LogP contribution in [0.5, 0.6) is 0 Å². The molecule has 1 heteroatoms. The van der Waals surface area contributed by atoms with Crippen LogP contribution in [-0.4, -0.2) is 12.6 Å². The molecule has 1 saturated carbocycles. The molecule has 1 N–H and O–H groups in total. The van der Waals surface area contributed by atoms with Crippen molar-refractivity contribution >= 4 is 0 Å². The fourth-order valence-electron chi connectivity index (χ4n) is 1.47. The highest BCUT2D eigenvalue weighted by Crippen LogP contribution is 2.26. The van der Waals surface area contributed by atoms with E-state index in [2.05, 4.69) is 26.1 Å². The monoisotopic (exact) mass is 141 g/mol. The summed E-state index contributed by atoms with van der Waals surface area (Å²) in [5.41, 5.74) is 0. The zero-order valence-electron chi connectivity index (χ0n) is 7.35. The largest absolute Gasteiger partial charge is 0.314 e. The van der Waals surface area contributed by atoms with Crippen molar-refractivity contribution in [2.45, 2.75) is 39.7 Å². The standard InChI is InChI=1S/C9H19N/c1-7(2)6-10-9-4-8(3)5-9/h7-10H,4-6H2,1-3H3. The van der Waals surface area contributed by atoms with Crippen LogP contribution in [0.3, 0.4) is 0 Å². The lowest BCUT2D eigenvalue weighted by atomic mass is 9.82. The number of nitrogens with one attached hydrogen (secondary N) is 1. The third-order valence-corrected chi connectivity index (χ3v) is 2.19. The minimum absolute atomic E-state index is 0.802. The van der Waals surface area contributed by atoms with E-state index in [4.69, 9.17) is 0 Å². The molecule has 0 aromatic rings. The third kappa shape index (κ3) is 2.30. The van der Waals surface area contributed by atoms with E-state index in [9.17, 15) is 0 Å². The SMILES string of the molecule is CC(C)CNC1CC(C)C1. The van der Waals surface area contributed by atoms with Gasteiger partial charge in [0.1, 0.15) is 0 Å². The van der Waals surface area contributed by atoms with Crippen molar-refractivity contribution in [3.63, 3.8) is 0 Å². The molecule has 0 heterocycles. The quantitative estimate of drug-likeness (QED) is 0.634. The zero-order chi connectivity index (χ0) is 7.56. The minimum atomic E-state index is 0.802. The molecule has 0 amide bonds. The van der Waals surface area contributed by atoms with E-state index in [-0.39, 0.29) is 0 Å². The molecule has 10 heavy (non-hydrogen) atoms. The first-order valence-electron chi connectivity index (χ1n) is 4.42. The summed E-state index contributed by atoms with van der Waals surface area (Å²) >= 11 is 0. The molecule has 1 nitrogen and oxygen atoms in total. The van der Waals surface area contributed by atoms with Crippen molar-refractivity contribution in [1.82, 2.24) is 5.32 Å². The van der Waals surface area contributed by atoms with Crippen LogP contribution in [0.4, 0.5) is 0 Å². The van der Waals surface area contributed by atoms with Crippen LogP contribution in [0.2, 0.25) is 0 Å². The molecule has 60 valence electrons. The molecule has 1 aliphatic rings. The third-order valence-electron chi connectivity index (χ3n) is 2.19. The van der Waals surface area contributed by atoms with E-state index in [0.717, 1.165) is 17.9 Å². The Hall–Kier alpha value is -0.0400. The summed E-state index contributed by atoms with van der Waals surface area (Å²) in [7, 11) is 0. The summed E-state index contributed by atoms with van der Waals surface area (Å²) in [5, 5.41) is 3.55. The molecule has 0 aliphatic heterocycles. The molecule has 0 spiro atoms. The second kappa shape index (κ2) is 3.38. The first-order valence-corrected chi connectivity index (χ1v) is 4.42. The van der Waals surface area contributed by atoms with Crippen molar-refractivity contribution < 1.29 is 0 Å². The van der Waals surface area contributed by atoms with Gasteiger partial charge >= 0.3 is 0 Å². The Balaban J connectivity index is 1.95. The summed E-state index contributed by atoms with van der Waals surface area (Å²) in [6.07, 6.45) is 2.79. The van der Waals surface area contributed by atoms with Crippen molar-refractivity contribution in [2.24, 2.45) is 11.8 Å². The zero-order valence-corrected chi connectivity index (χ0v) is 7.35. The van der Waals surface area contributed by atoms with Gasteiger partial charge in [-0.05, 0) is 31.2 Å².